The average molecular weight is 403 g/mol. The fourth-order valence-electron chi connectivity index (χ4n) is 3.21. The van der Waals surface area contributed by atoms with Crippen molar-refractivity contribution in [3.8, 4) is 0 Å². The first-order valence-electron chi connectivity index (χ1n) is 8.75. The number of aromatic nitrogens is 4. The molecule has 0 saturated heterocycles. The van der Waals surface area contributed by atoms with E-state index in [2.05, 4.69) is 19.9 Å². The number of aromatic amines is 2. The summed E-state index contributed by atoms with van der Waals surface area (Å²) >= 11 is 1.37. The summed E-state index contributed by atoms with van der Waals surface area (Å²) in [6.07, 6.45) is 1.43. The molecule has 0 spiro atoms. The number of amides is 2. The Labute approximate surface area is 168 Å². The molecule has 1 aliphatic heterocycles. The van der Waals surface area contributed by atoms with Gasteiger partial charge < -0.3 is 4.98 Å². The maximum atomic E-state index is 12.6. The van der Waals surface area contributed by atoms with Gasteiger partial charge in [0.25, 0.3) is 17.4 Å². The van der Waals surface area contributed by atoms with E-state index in [-0.39, 0.29) is 17.4 Å². The second-order valence-corrected chi connectivity index (χ2v) is 7.38. The molecule has 0 aliphatic carbocycles. The van der Waals surface area contributed by atoms with Gasteiger partial charge in [-0.15, -0.1) is 0 Å². The lowest BCUT2D eigenvalue weighted by Gasteiger charge is -2.14. The second-order valence-electron chi connectivity index (χ2n) is 6.42. The molecule has 0 bridgehead atoms. The summed E-state index contributed by atoms with van der Waals surface area (Å²) in [5.74, 6) is -0.0787. The Morgan fingerprint density at radius 1 is 0.931 bits per heavy atom. The van der Waals surface area contributed by atoms with Gasteiger partial charge in [-0.05, 0) is 29.8 Å². The summed E-state index contributed by atoms with van der Waals surface area (Å²) in [6, 6.07) is 14.0. The first-order chi connectivity index (χ1) is 14.1. The van der Waals surface area contributed by atoms with Gasteiger partial charge in [0.1, 0.15) is 0 Å². The monoisotopic (exact) mass is 403 g/mol. The number of anilines is 1. The topological polar surface area (TPSA) is 112 Å². The van der Waals surface area contributed by atoms with Gasteiger partial charge in [-0.25, -0.2) is 14.9 Å². The lowest BCUT2D eigenvalue weighted by molar-refractivity contribution is 0.0926. The lowest BCUT2D eigenvalue weighted by atomic mass is 10.1. The minimum absolute atomic E-state index is 0.268. The van der Waals surface area contributed by atoms with Crippen LogP contribution in [0, 0.1) is 0 Å². The molecule has 4 aromatic rings. The number of benzene rings is 2. The Hall–Kier alpha value is -3.72. The molecule has 2 aromatic carbocycles. The van der Waals surface area contributed by atoms with E-state index in [9.17, 15) is 14.4 Å². The predicted molar refractivity (Wildman–Crippen MR) is 108 cm³/mol. The van der Waals surface area contributed by atoms with Crippen LogP contribution in [0.25, 0.3) is 11.2 Å². The van der Waals surface area contributed by atoms with E-state index in [0.717, 1.165) is 5.56 Å². The number of thioether (sulfide) groups is 1. The Morgan fingerprint density at radius 2 is 1.62 bits per heavy atom. The second kappa shape index (κ2) is 6.71. The number of nitrogens with one attached hydrogen (secondary N) is 2. The van der Waals surface area contributed by atoms with E-state index in [1.54, 1.807) is 36.4 Å². The first kappa shape index (κ1) is 17.4. The average Bonchev–Trinajstić information content (AvgIpc) is 3.31. The molecule has 29 heavy (non-hydrogen) atoms. The van der Waals surface area contributed by atoms with E-state index in [1.807, 2.05) is 12.1 Å². The van der Waals surface area contributed by atoms with Crippen molar-refractivity contribution in [1.29, 1.82) is 0 Å². The summed E-state index contributed by atoms with van der Waals surface area (Å²) in [6.45, 7) is 0. The van der Waals surface area contributed by atoms with E-state index in [1.165, 1.54) is 23.0 Å². The highest BCUT2D eigenvalue weighted by Crippen LogP contribution is 2.29. The third-order valence-electron chi connectivity index (χ3n) is 4.64. The molecule has 0 saturated carbocycles. The normalized spacial score (nSPS) is 13.3. The summed E-state index contributed by atoms with van der Waals surface area (Å²) < 4.78 is 0. The van der Waals surface area contributed by atoms with E-state index in [0.29, 0.717) is 38.9 Å². The highest BCUT2D eigenvalue weighted by Gasteiger charge is 2.36. The SMILES string of the molecule is O=C1c2ccccc2C(=O)N1c1ccc(CSc2nc3nc[nH]c3c(=O)[nH]2)cc1. The zero-order chi connectivity index (χ0) is 20.0. The zero-order valence-electron chi connectivity index (χ0n) is 14.9. The van der Waals surface area contributed by atoms with Crippen LogP contribution in [0.3, 0.4) is 0 Å². The van der Waals surface area contributed by atoms with Crippen molar-refractivity contribution >= 4 is 40.4 Å². The molecular formula is C20H13N5O3S. The molecule has 0 radical (unpaired) electrons. The number of carbonyl (C=O) groups excluding carboxylic acids is 2. The molecule has 3 heterocycles. The number of carbonyl (C=O) groups is 2. The van der Waals surface area contributed by atoms with Crippen LogP contribution < -0.4 is 10.5 Å². The van der Waals surface area contributed by atoms with Crippen molar-refractivity contribution in [2.24, 2.45) is 0 Å². The number of hydrogen-bond donors (Lipinski definition) is 2. The molecule has 9 heteroatoms. The summed E-state index contributed by atoms with van der Waals surface area (Å²) in [5.41, 5.74) is 2.77. The molecule has 2 N–H and O–H groups in total. The van der Waals surface area contributed by atoms with Crippen LogP contribution in [0.4, 0.5) is 5.69 Å². The molecule has 1 aliphatic rings. The lowest BCUT2D eigenvalue weighted by Crippen LogP contribution is -2.29. The van der Waals surface area contributed by atoms with Crippen LogP contribution in [-0.2, 0) is 5.75 Å². The molecule has 0 unspecified atom stereocenters. The summed E-state index contributed by atoms with van der Waals surface area (Å²) in [5, 5.41) is 0.471. The molecule has 2 aromatic heterocycles. The molecule has 0 fully saturated rings. The van der Waals surface area contributed by atoms with Crippen molar-refractivity contribution in [1.82, 2.24) is 19.9 Å². The number of imide groups is 1. The third-order valence-corrected chi connectivity index (χ3v) is 5.58. The minimum atomic E-state index is -0.318. The quantitative estimate of drug-likeness (QED) is 0.308. The summed E-state index contributed by atoms with van der Waals surface area (Å²) in [7, 11) is 0. The minimum Gasteiger partial charge on any atom is -0.339 e. The molecule has 5 rings (SSSR count). The van der Waals surface area contributed by atoms with Crippen LogP contribution in [0.2, 0.25) is 0 Å². The van der Waals surface area contributed by atoms with Crippen molar-refractivity contribution < 1.29 is 9.59 Å². The largest absolute Gasteiger partial charge is 0.339 e. The highest BCUT2D eigenvalue weighted by molar-refractivity contribution is 7.98. The molecule has 0 atom stereocenters. The van der Waals surface area contributed by atoms with Crippen LogP contribution >= 0.6 is 11.8 Å². The van der Waals surface area contributed by atoms with Crippen LogP contribution in [0.15, 0.2) is 64.8 Å². The zero-order valence-corrected chi connectivity index (χ0v) is 15.7. The Bertz CT molecular complexity index is 1290. The van der Waals surface area contributed by atoms with Gasteiger partial charge in [-0.2, -0.15) is 0 Å². The van der Waals surface area contributed by atoms with Crippen LogP contribution in [0.5, 0.6) is 0 Å². The molecule has 8 nitrogen and oxygen atoms in total. The van der Waals surface area contributed by atoms with Crippen LogP contribution in [0.1, 0.15) is 26.3 Å². The number of rotatable bonds is 4. The van der Waals surface area contributed by atoms with Gasteiger partial charge in [0.2, 0.25) is 0 Å². The highest BCUT2D eigenvalue weighted by atomic mass is 32.2. The van der Waals surface area contributed by atoms with E-state index < -0.39 is 0 Å². The third kappa shape index (κ3) is 2.92. The van der Waals surface area contributed by atoms with Gasteiger partial charge >= 0.3 is 0 Å². The number of nitrogens with zero attached hydrogens (tertiary/aromatic N) is 3. The van der Waals surface area contributed by atoms with Crippen LogP contribution in [-0.4, -0.2) is 31.8 Å². The number of H-pyrrole nitrogens is 2. The van der Waals surface area contributed by atoms with Gasteiger partial charge in [0, 0.05) is 5.75 Å². The first-order valence-corrected chi connectivity index (χ1v) is 9.73. The fraction of sp³-hybridized carbons (Fsp3) is 0.0500. The molecule has 2 amide bonds. The van der Waals surface area contributed by atoms with E-state index >= 15 is 0 Å². The number of fused-ring (bicyclic) bond motifs is 2. The Balaban J connectivity index is 1.34. The molecular weight excluding hydrogens is 390 g/mol. The standard InChI is InChI=1S/C20H13N5O3S/c26-17-15-16(22-10-21-15)23-20(24-17)29-9-11-5-7-12(8-6-11)25-18(27)13-3-1-2-4-14(13)19(25)28/h1-8,10H,9H2,(H2,21,22,23,24,26). The Morgan fingerprint density at radius 3 is 2.31 bits per heavy atom. The van der Waals surface area contributed by atoms with Gasteiger partial charge in [-0.3, -0.25) is 19.4 Å². The molecule has 142 valence electrons. The van der Waals surface area contributed by atoms with Gasteiger partial charge in [0.05, 0.1) is 23.1 Å². The van der Waals surface area contributed by atoms with Gasteiger partial charge in [-0.1, -0.05) is 36.0 Å². The number of imidazole rings is 1. The summed E-state index contributed by atoms with van der Waals surface area (Å²) in [4.78, 5) is 52.1. The predicted octanol–water partition coefficient (Wildman–Crippen LogP) is 2.74. The Kier molecular flexibility index (Phi) is 4.02. The van der Waals surface area contributed by atoms with Crippen molar-refractivity contribution in [3.05, 3.63) is 81.9 Å². The van der Waals surface area contributed by atoms with Crippen molar-refractivity contribution in [2.75, 3.05) is 4.90 Å². The van der Waals surface area contributed by atoms with E-state index in [4.69, 9.17) is 0 Å². The smallest absolute Gasteiger partial charge is 0.277 e. The van der Waals surface area contributed by atoms with Crippen molar-refractivity contribution in [3.63, 3.8) is 0 Å². The fourth-order valence-corrected chi connectivity index (χ4v) is 4.02. The maximum absolute atomic E-state index is 12.6. The van der Waals surface area contributed by atoms with Gasteiger partial charge in [0.15, 0.2) is 16.3 Å². The van der Waals surface area contributed by atoms with Crippen molar-refractivity contribution in [2.45, 2.75) is 10.9 Å². The maximum Gasteiger partial charge on any atom is 0.277 e. The number of hydrogen-bond acceptors (Lipinski definition) is 6.